The van der Waals surface area contributed by atoms with E-state index in [0.29, 0.717) is 10.6 Å². The normalized spacial score (nSPS) is 18.1. The Balaban J connectivity index is 2.03. The molecular formula is C14H16BrCl2NO. The van der Waals surface area contributed by atoms with Crippen molar-refractivity contribution >= 4 is 45.0 Å². The van der Waals surface area contributed by atoms with Gasteiger partial charge in [0.15, 0.2) is 0 Å². The fourth-order valence-corrected chi connectivity index (χ4v) is 3.40. The highest BCUT2D eigenvalue weighted by Crippen LogP contribution is 2.31. The Morgan fingerprint density at radius 1 is 1.32 bits per heavy atom. The molecule has 1 N–H and O–H groups in total. The minimum absolute atomic E-state index is 0.142. The number of nitrogens with one attached hydrogen (secondary N) is 1. The van der Waals surface area contributed by atoms with Crippen LogP contribution in [0.25, 0.3) is 0 Å². The molecule has 1 aliphatic carbocycles. The molecule has 2 rings (SSSR count). The summed E-state index contributed by atoms with van der Waals surface area (Å²) in [5.74, 6) is -0.142. The number of benzene rings is 1. The van der Waals surface area contributed by atoms with Gasteiger partial charge in [0.05, 0.1) is 0 Å². The van der Waals surface area contributed by atoms with Gasteiger partial charge in [0, 0.05) is 15.5 Å². The maximum atomic E-state index is 12.2. The summed E-state index contributed by atoms with van der Waals surface area (Å²) < 4.78 is 0.802. The molecule has 1 aromatic carbocycles. The lowest BCUT2D eigenvalue weighted by Gasteiger charge is -2.24. The van der Waals surface area contributed by atoms with E-state index in [4.69, 9.17) is 23.2 Å². The van der Waals surface area contributed by atoms with Gasteiger partial charge in [-0.25, -0.2) is 0 Å². The van der Waals surface area contributed by atoms with E-state index < -0.39 is 5.38 Å². The number of carbonyl (C=O) groups is 1. The standard InChI is InChI=1S/C14H16BrCl2NO/c15-12-7-6-9(16)8-11(12)13(17)14(19)18-10-4-2-1-3-5-10/h6-8,10,13H,1-5H2,(H,18,19). The molecule has 0 aromatic heterocycles. The summed E-state index contributed by atoms with van der Waals surface area (Å²) in [4.78, 5) is 12.2. The second-order valence-corrected chi connectivity index (χ2v) is 6.60. The SMILES string of the molecule is O=C(NC1CCCCC1)C(Cl)c1cc(Cl)ccc1Br. The molecule has 0 saturated heterocycles. The lowest BCUT2D eigenvalue weighted by Crippen LogP contribution is -2.38. The molecule has 0 radical (unpaired) electrons. The maximum absolute atomic E-state index is 12.2. The Labute approximate surface area is 132 Å². The topological polar surface area (TPSA) is 29.1 Å². The number of alkyl halides is 1. The molecule has 1 unspecified atom stereocenters. The van der Waals surface area contributed by atoms with Gasteiger partial charge in [-0.15, -0.1) is 11.6 Å². The van der Waals surface area contributed by atoms with Gasteiger partial charge in [0.25, 0.3) is 0 Å². The Kier molecular flexibility index (Phi) is 5.55. The first kappa shape index (κ1) is 15.1. The molecule has 19 heavy (non-hydrogen) atoms. The smallest absolute Gasteiger partial charge is 0.242 e. The molecule has 1 fully saturated rings. The number of carbonyl (C=O) groups excluding carboxylic acids is 1. The minimum Gasteiger partial charge on any atom is -0.352 e. The molecule has 0 heterocycles. The van der Waals surface area contributed by atoms with Gasteiger partial charge in [-0.1, -0.05) is 46.8 Å². The minimum atomic E-state index is -0.713. The fourth-order valence-electron chi connectivity index (χ4n) is 2.37. The van der Waals surface area contributed by atoms with E-state index >= 15 is 0 Å². The lowest BCUT2D eigenvalue weighted by molar-refractivity contribution is -0.121. The fraction of sp³-hybridized carbons (Fsp3) is 0.500. The van der Waals surface area contributed by atoms with Crippen LogP contribution < -0.4 is 5.32 Å². The number of hydrogen-bond donors (Lipinski definition) is 1. The van der Waals surface area contributed by atoms with E-state index in [1.54, 1.807) is 18.2 Å². The third kappa shape index (κ3) is 4.11. The maximum Gasteiger partial charge on any atom is 0.242 e. The summed E-state index contributed by atoms with van der Waals surface area (Å²) in [5, 5.41) is 2.89. The first-order valence-electron chi connectivity index (χ1n) is 6.47. The summed E-state index contributed by atoms with van der Waals surface area (Å²) in [6.45, 7) is 0. The number of hydrogen-bond acceptors (Lipinski definition) is 1. The van der Waals surface area contributed by atoms with Crippen LogP contribution in [-0.4, -0.2) is 11.9 Å². The summed E-state index contributed by atoms with van der Waals surface area (Å²) in [5.41, 5.74) is 0.711. The zero-order valence-electron chi connectivity index (χ0n) is 10.5. The van der Waals surface area contributed by atoms with Crippen molar-refractivity contribution in [1.29, 1.82) is 0 Å². The second-order valence-electron chi connectivity index (χ2n) is 4.87. The molecule has 1 amide bonds. The van der Waals surface area contributed by atoms with Gasteiger partial charge in [-0.3, -0.25) is 4.79 Å². The van der Waals surface area contributed by atoms with Crippen molar-refractivity contribution in [2.75, 3.05) is 0 Å². The van der Waals surface area contributed by atoms with Crippen molar-refractivity contribution in [1.82, 2.24) is 5.32 Å². The second kappa shape index (κ2) is 6.96. The van der Waals surface area contributed by atoms with Crippen LogP contribution in [-0.2, 0) is 4.79 Å². The van der Waals surface area contributed by atoms with Gasteiger partial charge in [-0.05, 0) is 36.6 Å². The molecule has 0 aliphatic heterocycles. The van der Waals surface area contributed by atoms with Crippen LogP contribution in [0.2, 0.25) is 5.02 Å². The molecule has 1 atom stereocenters. The largest absolute Gasteiger partial charge is 0.352 e. The van der Waals surface area contributed by atoms with E-state index in [2.05, 4.69) is 21.2 Å². The third-order valence-electron chi connectivity index (χ3n) is 3.41. The quantitative estimate of drug-likeness (QED) is 0.764. The summed E-state index contributed by atoms with van der Waals surface area (Å²) >= 11 is 15.6. The molecule has 104 valence electrons. The Morgan fingerprint density at radius 2 is 2.00 bits per heavy atom. The van der Waals surface area contributed by atoms with E-state index in [-0.39, 0.29) is 11.9 Å². The van der Waals surface area contributed by atoms with Crippen LogP contribution in [0.3, 0.4) is 0 Å². The number of amides is 1. The zero-order valence-corrected chi connectivity index (χ0v) is 13.6. The lowest BCUT2D eigenvalue weighted by atomic mass is 9.95. The Morgan fingerprint density at radius 3 is 2.68 bits per heavy atom. The van der Waals surface area contributed by atoms with Crippen LogP contribution in [0.4, 0.5) is 0 Å². The Hall–Kier alpha value is -0.250. The average Bonchev–Trinajstić information content (AvgIpc) is 2.42. The van der Waals surface area contributed by atoms with Gasteiger partial charge in [0.1, 0.15) is 5.38 Å². The molecular weight excluding hydrogens is 349 g/mol. The summed E-state index contributed by atoms with van der Waals surface area (Å²) in [7, 11) is 0. The van der Waals surface area contributed by atoms with Crippen molar-refractivity contribution in [3.8, 4) is 0 Å². The molecule has 1 saturated carbocycles. The van der Waals surface area contributed by atoms with Crippen molar-refractivity contribution < 1.29 is 4.79 Å². The molecule has 1 aromatic rings. The van der Waals surface area contributed by atoms with Crippen molar-refractivity contribution in [3.63, 3.8) is 0 Å². The highest BCUT2D eigenvalue weighted by Gasteiger charge is 2.23. The van der Waals surface area contributed by atoms with Crippen molar-refractivity contribution in [2.45, 2.75) is 43.5 Å². The molecule has 2 nitrogen and oxygen atoms in total. The van der Waals surface area contributed by atoms with Crippen molar-refractivity contribution in [3.05, 3.63) is 33.3 Å². The summed E-state index contributed by atoms with van der Waals surface area (Å²) in [6, 6.07) is 5.56. The van der Waals surface area contributed by atoms with E-state index in [0.717, 1.165) is 17.3 Å². The Bertz CT molecular complexity index is 461. The van der Waals surface area contributed by atoms with Gasteiger partial charge >= 0.3 is 0 Å². The van der Waals surface area contributed by atoms with E-state index in [9.17, 15) is 4.79 Å². The van der Waals surface area contributed by atoms with E-state index in [1.165, 1.54) is 19.3 Å². The van der Waals surface area contributed by atoms with Gasteiger partial charge < -0.3 is 5.32 Å². The first-order chi connectivity index (χ1) is 9.08. The highest BCUT2D eigenvalue weighted by atomic mass is 79.9. The van der Waals surface area contributed by atoms with Gasteiger partial charge in [-0.2, -0.15) is 0 Å². The van der Waals surface area contributed by atoms with Crippen LogP contribution in [0.1, 0.15) is 43.0 Å². The van der Waals surface area contributed by atoms with Crippen LogP contribution in [0.5, 0.6) is 0 Å². The molecule has 5 heteroatoms. The van der Waals surface area contributed by atoms with Crippen LogP contribution in [0, 0.1) is 0 Å². The third-order valence-corrected chi connectivity index (χ3v) is 4.80. The molecule has 1 aliphatic rings. The first-order valence-corrected chi connectivity index (χ1v) is 8.08. The van der Waals surface area contributed by atoms with Crippen LogP contribution >= 0.6 is 39.1 Å². The number of rotatable bonds is 3. The monoisotopic (exact) mass is 363 g/mol. The number of halogens is 3. The molecule has 0 bridgehead atoms. The van der Waals surface area contributed by atoms with Crippen LogP contribution in [0.15, 0.2) is 22.7 Å². The van der Waals surface area contributed by atoms with Crippen molar-refractivity contribution in [2.24, 2.45) is 0 Å². The highest BCUT2D eigenvalue weighted by molar-refractivity contribution is 9.10. The predicted molar refractivity (Wildman–Crippen MR) is 82.8 cm³/mol. The zero-order chi connectivity index (χ0) is 13.8. The summed E-state index contributed by atoms with van der Waals surface area (Å²) in [6.07, 6.45) is 5.71. The molecule has 0 spiro atoms. The van der Waals surface area contributed by atoms with E-state index in [1.807, 2.05) is 0 Å². The van der Waals surface area contributed by atoms with Gasteiger partial charge in [0.2, 0.25) is 5.91 Å². The predicted octanol–water partition coefficient (Wildman–Crippen LogP) is 4.83. The average molecular weight is 365 g/mol.